The third-order valence-corrected chi connectivity index (χ3v) is 3.73. The Labute approximate surface area is 140 Å². The fourth-order valence-corrected chi connectivity index (χ4v) is 2.41. The molecule has 1 aliphatic rings. The molecular weight excluding hydrogens is 344 g/mol. The summed E-state index contributed by atoms with van der Waals surface area (Å²) in [7, 11) is 0. The molecule has 1 aromatic rings. The van der Waals surface area contributed by atoms with Gasteiger partial charge in [0, 0.05) is 11.6 Å². The molecule has 0 spiro atoms. The highest BCUT2D eigenvalue weighted by molar-refractivity contribution is 5.58. The van der Waals surface area contributed by atoms with E-state index < -0.39 is 64.3 Å². The van der Waals surface area contributed by atoms with Crippen molar-refractivity contribution in [3.63, 3.8) is 0 Å². The van der Waals surface area contributed by atoms with Gasteiger partial charge in [-0.1, -0.05) is 0 Å². The minimum Gasteiger partial charge on any atom is -0.454 e. The summed E-state index contributed by atoms with van der Waals surface area (Å²) in [5, 5.41) is 60.5. The molecule has 0 aliphatic carbocycles. The fourth-order valence-electron chi connectivity index (χ4n) is 2.41. The van der Waals surface area contributed by atoms with Crippen LogP contribution in [0.25, 0.3) is 0 Å². The lowest BCUT2D eigenvalue weighted by Gasteiger charge is -2.39. The predicted octanol–water partition coefficient (Wildman–Crippen LogP) is -1.01. The highest BCUT2D eigenvalue weighted by Crippen LogP contribution is 2.37. The van der Waals surface area contributed by atoms with Crippen molar-refractivity contribution in [2.75, 3.05) is 6.61 Å². The Morgan fingerprint density at radius 2 is 1.76 bits per heavy atom. The normalized spacial score (nSPS) is 29.2. The minimum atomic E-state index is -1.77. The van der Waals surface area contributed by atoms with Crippen molar-refractivity contribution in [3.8, 4) is 5.75 Å². The number of ether oxygens (including phenoxy) is 2. The molecule has 0 radical (unpaired) electrons. The number of aliphatic hydroxyl groups is 4. The molecule has 138 valence electrons. The third kappa shape index (κ3) is 3.67. The van der Waals surface area contributed by atoms with Crippen LogP contribution in [0.4, 0.5) is 11.4 Å². The molecule has 0 saturated carbocycles. The first-order valence-electron chi connectivity index (χ1n) is 7.08. The van der Waals surface area contributed by atoms with Crippen LogP contribution in [0.2, 0.25) is 0 Å². The Hall–Kier alpha value is -2.38. The second-order valence-corrected chi connectivity index (χ2v) is 5.44. The van der Waals surface area contributed by atoms with Gasteiger partial charge in [0.1, 0.15) is 24.4 Å². The number of aliphatic hydroxyl groups excluding tert-OH is 4. The Balaban J connectivity index is 2.39. The van der Waals surface area contributed by atoms with Crippen molar-refractivity contribution in [2.45, 2.75) is 37.6 Å². The predicted molar refractivity (Wildman–Crippen MR) is 78.9 cm³/mol. The minimum absolute atomic E-state index is 0.0258. The van der Waals surface area contributed by atoms with Gasteiger partial charge in [0.05, 0.1) is 22.5 Å². The zero-order valence-corrected chi connectivity index (χ0v) is 12.9. The molecule has 1 aromatic carbocycles. The lowest BCUT2D eigenvalue weighted by molar-refractivity contribution is -0.395. The Kier molecular flexibility index (Phi) is 5.49. The number of rotatable bonds is 5. The molecule has 5 atom stereocenters. The summed E-state index contributed by atoms with van der Waals surface area (Å²) >= 11 is 0. The number of nitro groups is 2. The van der Waals surface area contributed by atoms with Crippen molar-refractivity contribution in [3.05, 3.63) is 37.9 Å². The van der Waals surface area contributed by atoms with Crippen LogP contribution in [-0.4, -0.2) is 67.6 Å². The molecular formula is C13H16N2O10. The van der Waals surface area contributed by atoms with Crippen LogP contribution in [0.5, 0.6) is 5.75 Å². The van der Waals surface area contributed by atoms with E-state index in [1.165, 1.54) is 6.92 Å². The maximum absolute atomic E-state index is 11.2. The van der Waals surface area contributed by atoms with Gasteiger partial charge >= 0.3 is 5.69 Å². The molecule has 0 bridgehead atoms. The number of nitro benzene ring substituents is 2. The second kappa shape index (κ2) is 7.25. The zero-order valence-electron chi connectivity index (χ0n) is 12.9. The van der Waals surface area contributed by atoms with Crippen LogP contribution >= 0.6 is 0 Å². The highest BCUT2D eigenvalue weighted by Gasteiger charge is 2.45. The maximum atomic E-state index is 11.2. The van der Waals surface area contributed by atoms with Crippen LogP contribution in [-0.2, 0) is 4.74 Å². The Bertz CT molecular complexity index is 679. The van der Waals surface area contributed by atoms with Crippen molar-refractivity contribution in [1.29, 1.82) is 0 Å². The van der Waals surface area contributed by atoms with E-state index in [9.17, 15) is 35.5 Å². The van der Waals surface area contributed by atoms with Gasteiger partial charge in [-0.05, 0) is 6.92 Å². The van der Waals surface area contributed by atoms with Gasteiger partial charge in [-0.25, -0.2) is 0 Å². The first-order valence-corrected chi connectivity index (χ1v) is 7.08. The molecule has 0 aromatic heterocycles. The van der Waals surface area contributed by atoms with Gasteiger partial charge in [-0.15, -0.1) is 0 Å². The van der Waals surface area contributed by atoms with E-state index in [4.69, 9.17) is 14.6 Å². The number of hydrogen-bond acceptors (Lipinski definition) is 10. The van der Waals surface area contributed by atoms with Crippen LogP contribution in [0.1, 0.15) is 5.56 Å². The summed E-state index contributed by atoms with van der Waals surface area (Å²) in [6.07, 6.45) is -8.02. The molecule has 25 heavy (non-hydrogen) atoms. The molecule has 2 rings (SSSR count). The summed E-state index contributed by atoms with van der Waals surface area (Å²) in [6.45, 7) is 0.617. The number of aryl methyl sites for hydroxylation is 1. The summed E-state index contributed by atoms with van der Waals surface area (Å²) in [6, 6.07) is 1.72. The average Bonchev–Trinajstić information content (AvgIpc) is 2.56. The van der Waals surface area contributed by atoms with Crippen molar-refractivity contribution in [1.82, 2.24) is 0 Å². The second-order valence-electron chi connectivity index (χ2n) is 5.44. The van der Waals surface area contributed by atoms with Gasteiger partial charge < -0.3 is 29.9 Å². The lowest BCUT2D eigenvalue weighted by Crippen LogP contribution is -2.60. The van der Waals surface area contributed by atoms with Crippen molar-refractivity contribution >= 4 is 11.4 Å². The van der Waals surface area contributed by atoms with E-state index in [0.29, 0.717) is 6.07 Å². The topological polar surface area (TPSA) is 186 Å². The summed E-state index contributed by atoms with van der Waals surface area (Å²) < 4.78 is 10.4. The van der Waals surface area contributed by atoms with Crippen molar-refractivity contribution < 1.29 is 39.7 Å². The molecule has 0 amide bonds. The highest BCUT2D eigenvalue weighted by atomic mass is 16.7. The molecule has 0 unspecified atom stereocenters. The van der Waals surface area contributed by atoms with Gasteiger partial charge in [-0.2, -0.15) is 0 Å². The quantitative estimate of drug-likeness (QED) is 0.374. The molecule has 1 aliphatic heterocycles. The maximum Gasteiger partial charge on any atom is 0.318 e. The van der Waals surface area contributed by atoms with E-state index >= 15 is 0 Å². The Morgan fingerprint density at radius 1 is 1.12 bits per heavy atom. The third-order valence-electron chi connectivity index (χ3n) is 3.73. The summed E-state index contributed by atoms with van der Waals surface area (Å²) in [5.74, 6) is -0.403. The van der Waals surface area contributed by atoms with Crippen LogP contribution in [0.15, 0.2) is 12.1 Å². The number of non-ortho nitro benzene ring substituents is 1. The average molecular weight is 360 g/mol. The molecule has 1 heterocycles. The van der Waals surface area contributed by atoms with Crippen LogP contribution in [0.3, 0.4) is 0 Å². The summed E-state index contributed by atoms with van der Waals surface area (Å²) in [4.78, 5) is 20.3. The molecule has 1 fully saturated rings. The molecule has 12 heteroatoms. The van der Waals surface area contributed by atoms with E-state index in [0.717, 1.165) is 6.07 Å². The Morgan fingerprint density at radius 3 is 2.28 bits per heavy atom. The molecule has 12 nitrogen and oxygen atoms in total. The van der Waals surface area contributed by atoms with E-state index in [1.807, 2.05) is 0 Å². The van der Waals surface area contributed by atoms with Gasteiger partial charge in [0.25, 0.3) is 5.69 Å². The van der Waals surface area contributed by atoms with Gasteiger partial charge in [0.15, 0.2) is 0 Å². The largest absolute Gasteiger partial charge is 0.454 e. The van der Waals surface area contributed by atoms with E-state index in [2.05, 4.69) is 0 Å². The SMILES string of the molecule is Cc1cc([N+](=O)[O-])cc([N+](=O)[O-])c1O[C@H]1O[C@H](CO)[C@H](O)[C@H](O)[C@H]1O. The fraction of sp³-hybridized carbons (Fsp3) is 0.538. The number of hydrogen-bond donors (Lipinski definition) is 4. The smallest absolute Gasteiger partial charge is 0.318 e. The molecule has 1 saturated heterocycles. The van der Waals surface area contributed by atoms with E-state index in [1.54, 1.807) is 0 Å². The number of nitrogens with zero attached hydrogens (tertiary/aromatic N) is 2. The summed E-state index contributed by atoms with van der Waals surface area (Å²) in [5.41, 5.74) is -1.23. The van der Waals surface area contributed by atoms with Crippen molar-refractivity contribution in [2.24, 2.45) is 0 Å². The standard InChI is InChI=1S/C13H16N2O10/c1-5-2-6(14(20)21)3-7(15(22)23)12(5)25-13-11(19)10(18)9(17)8(4-16)24-13/h2-3,8-11,13,16-19H,4H2,1H3/t8-,9+,10+,11-,13-/m1/s1. The van der Waals surface area contributed by atoms with E-state index in [-0.39, 0.29) is 5.56 Å². The van der Waals surface area contributed by atoms with Crippen LogP contribution < -0.4 is 4.74 Å². The van der Waals surface area contributed by atoms with Gasteiger partial charge in [0.2, 0.25) is 12.0 Å². The first kappa shape index (κ1) is 19.0. The number of benzene rings is 1. The zero-order chi connectivity index (χ0) is 18.9. The van der Waals surface area contributed by atoms with Crippen LogP contribution in [0, 0.1) is 27.2 Å². The van der Waals surface area contributed by atoms with Gasteiger partial charge in [-0.3, -0.25) is 20.2 Å². The molecule has 4 N–H and O–H groups in total. The lowest BCUT2D eigenvalue weighted by atomic mass is 9.99. The first-order chi connectivity index (χ1) is 11.7. The monoisotopic (exact) mass is 360 g/mol.